The van der Waals surface area contributed by atoms with Crippen LogP contribution in [0.25, 0.3) is 0 Å². The van der Waals surface area contributed by atoms with Crippen LogP contribution in [0.2, 0.25) is 0 Å². The van der Waals surface area contributed by atoms with E-state index in [4.69, 9.17) is 5.11 Å². The number of aliphatic carboxylic acids is 1. The zero-order chi connectivity index (χ0) is 14.6. The van der Waals surface area contributed by atoms with Crippen LogP contribution in [0.3, 0.4) is 0 Å². The Labute approximate surface area is 126 Å². The molecular formula is C14H18INO3. The first-order valence-electron chi connectivity index (χ1n) is 5.99. The maximum absolute atomic E-state index is 12.2. The van der Waals surface area contributed by atoms with Gasteiger partial charge in [0, 0.05) is 9.61 Å². The van der Waals surface area contributed by atoms with Crippen LogP contribution < -0.4 is 5.32 Å². The normalized spacial score (nSPS) is 12.8. The van der Waals surface area contributed by atoms with Crippen molar-refractivity contribution in [1.82, 2.24) is 5.32 Å². The molecule has 0 bridgehead atoms. The van der Waals surface area contributed by atoms with Crippen molar-refractivity contribution in [2.45, 2.75) is 33.2 Å². The highest BCUT2D eigenvalue weighted by Gasteiger charge is 2.29. The van der Waals surface area contributed by atoms with Crippen molar-refractivity contribution in [3.63, 3.8) is 0 Å². The van der Waals surface area contributed by atoms with E-state index in [0.717, 1.165) is 3.57 Å². The lowest BCUT2D eigenvalue weighted by Crippen LogP contribution is -2.45. The second-order valence-corrected chi connectivity index (χ2v) is 6.63. The van der Waals surface area contributed by atoms with Crippen molar-refractivity contribution in [2.75, 3.05) is 0 Å². The molecule has 0 radical (unpaired) electrons. The maximum atomic E-state index is 12.2. The van der Waals surface area contributed by atoms with E-state index in [1.54, 1.807) is 12.1 Å². The number of carboxylic acids is 1. The van der Waals surface area contributed by atoms with Gasteiger partial charge in [-0.15, -0.1) is 0 Å². The number of benzene rings is 1. The molecule has 0 aliphatic heterocycles. The lowest BCUT2D eigenvalue weighted by Gasteiger charge is -2.30. The third-order valence-corrected chi connectivity index (χ3v) is 3.79. The Morgan fingerprint density at radius 1 is 1.32 bits per heavy atom. The van der Waals surface area contributed by atoms with Gasteiger partial charge < -0.3 is 10.4 Å². The van der Waals surface area contributed by atoms with Crippen molar-refractivity contribution >= 4 is 34.5 Å². The van der Waals surface area contributed by atoms with Gasteiger partial charge in [0.2, 0.25) is 0 Å². The van der Waals surface area contributed by atoms with Gasteiger partial charge in [0.1, 0.15) is 0 Å². The monoisotopic (exact) mass is 375 g/mol. The molecule has 0 fully saturated rings. The number of hydrogen-bond donors (Lipinski definition) is 2. The molecule has 1 amide bonds. The van der Waals surface area contributed by atoms with E-state index in [-0.39, 0.29) is 17.7 Å². The number of amides is 1. The summed E-state index contributed by atoms with van der Waals surface area (Å²) in [5.41, 5.74) is 0.261. The number of hydrogen-bond acceptors (Lipinski definition) is 2. The van der Waals surface area contributed by atoms with Crippen LogP contribution in [-0.4, -0.2) is 23.0 Å². The van der Waals surface area contributed by atoms with E-state index in [0.29, 0.717) is 5.56 Å². The molecule has 0 spiro atoms. The molecule has 0 aromatic heterocycles. The van der Waals surface area contributed by atoms with Gasteiger partial charge in [-0.25, -0.2) is 0 Å². The summed E-state index contributed by atoms with van der Waals surface area (Å²) in [6, 6.07) is 6.82. The standard InChI is InChI=1S/C14H18INO3/c1-14(2,3)11(8-12(17)18)16-13(19)9-6-4-5-7-10(9)15/h4-7,11H,8H2,1-3H3,(H,16,19)(H,17,18). The Balaban J connectivity index is 2.88. The lowest BCUT2D eigenvalue weighted by atomic mass is 9.84. The van der Waals surface area contributed by atoms with Crippen molar-refractivity contribution < 1.29 is 14.7 Å². The van der Waals surface area contributed by atoms with Gasteiger partial charge in [-0.05, 0) is 40.1 Å². The molecule has 1 aromatic carbocycles. The van der Waals surface area contributed by atoms with Crippen LogP contribution in [0.15, 0.2) is 24.3 Å². The summed E-state index contributed by atoms with van der Waals surface area (Å²) < 4.78 is 0.848. The molecule has 0 heterocycles. The molecule has 19 heavy (non-hydrogen) atoms. The van der Waals surface area contributed by atoms with Crippen LogP contribution in [0.5, 0.6) is 0 Å². The first kappa shape index (κ1) is 15.9. The summed E-state index contributed by atoms with van der Waals surface area (Å²) >= 11 is 2.09. The van der Waals surface area contributed by atoms with E-state index >= 15 is 0 Å². The number of nitrogens with one attached hydrogen (secondary N) is 1. The first-order valence-corrected chi connectivity index (χ1v) is 7.07. The average molecular weight is 375 g/mol. The minimum absolute atomic E-state index is 0.0847. The second kappa shape index (κ2) is 6.36. The van der Waals surface area contributed by atoms with Crippen LogP contribution >= 0.6 is 22.6 Å². The highest BCUT2D eigenvalue weighted by Crippen LogP contribution is 2.23. The molecule has 1 aromatic rings. The Morgan fingerprint density at radius 2 is 1.89 bits per heavy atom. The van der Waals surface area contributed by atoms with E-state index in [2.05, 4.69) is 27.9 Å². The zero-order valence-electron chi connectivity index (χ0n) is 11.2. The smallest absolute Gasteiger partial charge is 0.305 e. The summed E-state index contributed by atoms with van der Waals surface area (Å²) in [5.74, 6) is -1.14. The fourth-order valence-electron chi connectivity index (χ4n) is 1.63. The van der Waals surface area contributed by atoms with E-state index in [1.165, 1.54) is 0 Å². The number of carbonyl (C=O) groups is 2. The molecule has 0 saturated carbocycles. The Morgan fingerprint density at radius 3 is 2.37 bits per heavy atom. The fourth-order valence-corrected chi connectivity index (χ4v) is 2.26. The Bertz CT molecular complexity index is 480. The highest BCUT2D eigenvalue weighted by molar-refractivity contribution is 14.1. The SMILES string of the molecule is CC(C)(C)C(CC(=O)O)NC(=O)c1ccccc1I. The van der Waals surface area contributed by atoms with E-state index in [1.807, 2.05) is 32.9 Å². The zero-order valence-corrected chi connectivity index (χ0v) is 13.4. The summed E-state index contributed by atoms with van der Waals surface area (Å²) in [6.45, 7) is 5.74. The second-order valence-electron chi connectivity index (χ2n) is 5.47. The third-order valence-electron chi connectivity index (χ3n) is 2.85. The van der Waals surface area contributed by atoms with Gasteiger partial charge >= 0.3 is 5.97 Å². The fraction of sp³-hybridized carbons (Fsp3) is 0.429. The maximum Gasteiger partial charge on any atom is 0.305 e. The minimum atomic E-state index is -0.914. The Kier molecular flexibility index (Phi) is 5.34. The first-order chi connectivity index (χ1) is 8.71. The van der Waals surface area contributed by atoms with Crippen LogP contribution in [0.1, 0.15) is 37.6 Å². The molecular weight excluding hydrogens is 357 g/mol. The molecule has 4 nitrogen and oxygen atoms in total. The topological polar surface area (TPSA) is 66.4 Å². The summed E-state index contributed by atoms with van der Waals surface area (Å²) in [6.07, 6.45) is -0.0847. The molecule has 5 heteroatoms. The minimum Gasteiger partial charge on any atom is -0.481 e. The van der Waals surface area contributed by atoms with Crippen molar-refractivity contribution in [2.24, 2.45) is 5.41 Å². The van der Waals surface area contributed by atoms with Gasteiger partial charge in [0.15, 0.2) is 0 Å². The largest absolute Gasteiger partial charge is 0.481 e. The van der Waals surface area contributed by atoms with Gasteiger partial charge in [-0.3, -0.25) is 9.59 Å². The van der Waals surface area contributed by atoms with Crippen LogP contribution in [0, 0.1) is 8.99 Å². The number of rotatable bonds is 4. The predicted molar refractivity (Wildman–Crippen MR) is 82.1 cm³/mol. The van der Waals surface area contributed by atoms with Crippen molar-refractivity contribution in [3.8, 4) is 0 Å². The predicted octanol–water partition coefficient (Wildman–Crippen LogP) is 2.91. The summed E-state index contributed by atoms with van der Waals surface area (Å²) in [7, 11) is 0. The number of halogens is 1. The average Bonchev–Trinajstić information content (AvgIpc) is 2.26. The van der Waals surface area contributed by atoms with Crippen LogP contribution in [0.4, 0.5) is 0 Å². The van der Waals surface area contributed by atoms with Crippen molar-refractivity contribution in [1.29, 1.82) is 0 Å². The Hall–Kier alpha value is -1.11. The highest BCUT2D eigenvalue weighted by atomic mass is 127. The van der Waals surface area contributed by atoms with Gasteiger partial charge in [0.05, 0.1) is 12.0 Å². The molecule has 0 saturated heterocycles. The number of carboxylic acid groups (broad SMARTS) is 1. The third kappa shape index (κ3) is 4.81. The molecule has 2 N–H and O–H groups in total. The molecule has 1 atom stereocenters. The molecule has 1 unspecified atom stereocenters. The van der Waals surface area contributed by atoms with Gasteiger partial charge in [-0.1, -0.05) is 32.9 Å². The number of carbonyl (C=O) groups excluding carboxylic acids is 1. The van der Waals surface area contributed by atoms with E-state index < -0.39 is 12.0 Å². The molecule has 1 rings (SSSR count). The molecule has 0 aliphatic carbocycles. The van der Waals surface area contributed by atoms with Gasteiger partial charge in [-0.2, -0.15) is 0 Å². The summed E-state index contributed by atoms with van der Waals surface area (Å²) in [4.78, 5) is 23.1. The van der Waals surface area contributed by atoms with Crippen molar-refractivity contribution in [3.05, 3.63) is 33.4 Å². The quantitative estimate of drug-likeness (QED) is 0.796. The van der Waals surface area contributed by atoms with E-state index in [9.17, 15) is 9.59 Å². The van der Waals surface area contributed by atoms with Gasteiger partial charge in [0.25, 0.3) is 5.91 Å². The molecule has 0 aliphatic rings. The summed E-state index contributed by atoms with van der Waals surface area (Å²) in [5, 5.41) is 11.8. The lowest BCUT2D eigenvalue weighted by molar-refractivity contribution is -0.138. The molecule has 104 valence electrons. The van der Waals surface area contributed by atoms with Crippen LogP contribution in [-0.2, 0) is 4.79 Å².